The van der Waals surface area contributed by atoms with Crippen LogP contribution in [0, 0.1) is 5.92 Å². The summed E-state index contributed by atoms with van der Waals surface area (Å²) in [6.07, 6.45) is 1.02. The van der Waals surface area contributed by atoms with Crippen LogP contribution in [0.15, 0.2) is 24.3 Å². The van der Waals surface area contributed by atoms with Crippen LogP contribution >= 0.6 is 12.4 Å². The highest BCUT2D eigenvalue weighted by Gasteiger charge is 2.07. The van der Waals surface area contributed by atoms with Gasteiger partial charge in [-0.15, -0.1) is 12.4 Å². The van der Waals surface area contributed by atoms with Crippen LogP contribution in [0.4, 0.5) is 0 Å². The van der Waals surface area contributed by atoms with Gasteiger partial charge in [0.25, 0.3) is 0 Å². The van der Waals surface area contributed by atoms with Crippen LogP contribution < -0.4 is 10.5 Å². The quantitative estimate of drug-likeness (QED) is 0.861. The van der Waals surface area contributed by atoms with Gasteiger partial charge in [0, 0.05) is 6.04 Å². The molecule has 3 heteroatoms. The first-order valence-corrected chi connectivity index (χ1v) is 5.03. The molecule has 0 aliphatic carbocycles. The lowest BCUT2D eigenvalue weighted by Gasteiger charge is -2.14. The van der Waals surface area contributed by atoms with Crippen LogP contribution in [-0.2, 0) is 0 Å². The van der Waals surface area contributed by atoms with Gasteiger partial charge < -0.3 is 10.5 Å². The van der Waals surface area contributed by atoms with Crippen LogP contribution in [-0.4, -0.2) is 7.11 Å². The number of halogens is 1. The van der Waals surface area contributed by atoms with Crippen LogP contribution in [0.3, 0.4) is 0 Å². The van der Waals surface area contributed by atoms with Crippen molar-refractivity contribution in [3.63, 3.8) is 0 Å². The van der Waals surface area contributed by atoms with Crippen molar-refractivity contribution in [1.82, 2.24) is 0 Å². The van der Waals surface area contributed by atoms with Crippen molar-refractivity contribution < 1.29 is 4.74 Å². The predicted molar refractivity (Wildman–Crippen MR) is 66.6 cm³/mol. The summed E-state index contributed by atoms with van der Waals surface area (Å²) in [5.41, 5.74) is 7.23. The maximum atomic E-state index is 6.05. The molecule has 0 radical (unpaired) electrons. The average Bonchev–Trinajstić information content (AvgIpc) is 2.17. The van der Waals surface area contributed by atoms with E-state index < -0.39 is 0 Å². The van der Waals surface area contributed by atoms with Crippen LogP contribution in [0.5, 0.6) is 5.75 Å². The molecule has 0 aliphatic heterocycles. The van der Waals surface area contributed by atoms with Crippen molar-refractivity contribution in [1.29, 1.82) is 0 Å². The number of rotatable bonds is 4. The molecule has 0 heterocycles. The Morgan fingerprint density at radius 1 is 1.20 bits per heavy atom. The van der Waals surface area contributed by atoms with Gasteiger partial charge in [0.1, 0.15) is 5.75 Å². The van der Waals surface area contributed by atoms with Crippen molar-refractivity contribution in [2.24, 2.45) is 11.7 Å². The fraction of sp³-hybridized carbons (Fsp3) is 0.500. The minimum Gasteiger partial charge on any atom is -0.497 e. The zero-order valence-corrected chi connectivity index (χ0v) is 10.4. The van der Waals surface area contributed by atoms with E-state index in [2.05, 4.69) is 13.8 Å². The zero-order valence-electron chi connectivity index (χ0n) is 9.57. The van der Waals surface area contributed by atoms with E-state index in [1.54, 1.807) is 7.11 Å². The number of ether oxygens (including phenoxy) is 1. The van der Waals surface area contributed by atoms with Gasteiger partial charge in [-0.1, -0.05) is 26.0 Å². The summed E-state index contributed by atoms with van der Waals surface area (Å²) >= 11 is 0. The Morgan fingerprint density at radius 3 is 2.13 bits per heavy atom. The molecule has 1 atom stereocenters. The molecular weight excluding hydrogens is 210 g/mol. The molecule has 0 saturated heterocycles. The van der Waals surface area contributed by atoms with E-state index in [1.165, 1.54) is 5.56 Å². The molecule has 0 spiro atoms. The van der Waals surface area contributed by atoms with Crippen molar-refractivity contribution in [2.75, 3.05) is 7.11 Å². The number of nitrogens with two attached hydrogens (primary N) is 1. The summed E-state index contributed by atoms with van der Waals surface area (Å²) in [4.78, 5) is 0. The minimum atomic E-state index is 0. The molecule has 1 aromatic rings. The topological polar surface area (TPSA) is 35.2 Å². The normalized spacial score (nSPS) is 12.1. The summed E-state index contributed by atoms with van der Waals surface area (Å²) < 4.78 is 5.09. The summed E-state index contributed by atoms with van der Waals surface area (Å²) in [6.45, 7) is 4.37. The summed E-state index contributed by atoms with van der Waals surface area (Å²) in [6, 6.07) is 8.11. The second-order valence-electron chi connectivity index (χ2n) is 4.01. The average molecular weight is 230 g/mol. The molecule has 0 unspecified atom stereocenters. The summed E-state index contributed by atoms with van der Waals surface area (Å²) in [5, 5.41) is 0. The molecule has 2 nitrogen and oxygen atoms in total. The summed E-state index contributed by atoms with van der Waals surface area (Å²) in [5.74, 6) is 1.51. The van der Waals surface area contributed by atoms with E-state index in [9.17, 15) is 0 Å². The lowest BCUT2D eigenvalue weighted by atomic mass is 9.98. The Hall–Kier alpha value is -0.730. The first kappa shape index (κ1) is 14.3. The Labute approximate surface area is 98.2 Å². The molecule has 86 valence electrons. The van der Waals surface area contributed by atoms with Gasteiger partial charge in [-0.2, -0.15) is 0 Å². The predicted octanol–water partition coefficient (Wildman–Crippen LogP) is 3.16. The molecule has 0 saturated carbocycles. The minimum absolute atomic E-state index is 0. The molecule has 0 fully saturated rings. The van der Waals surface area contributed by atoms with Gasteiger partial charge in [0.15, 0.2) is 0 Å². The molecular formula is C12H20ClNO. The van der Waals surface area contributed by atoms with Crippen LogP contribution in [0.2, 0.25) is 0 Å². The van der Waals surface area contributed by atoms with Crippen molar-refractivity contribution in [2.45, 2.75) is 26.3 Å². The molecule has 0 aliphatic rings. The second kappa shape index (κ2) is 6.70. The molecule has 0 aromatic heterocycles. The van der Waals surface area contributed by atoms with Gasteiger partial charge >= 0.3 is 0 Å². The van der Waals surface area contributed by atoms with Gasteiger partial charge in [0.2, 0.25) is 0 Å². The third kappa shape index (κ3) is 4.54. The third-order valence-corrected chi connectivity index (χ3v) is 2.27. The van der Waals surface area contributed by atoms with Gasteiger partial charge in [-0.25, -0.2) is 0 Å². The Bertz CT molecular complexity index is 271. The van der Waals surface area contributed by atoms with E-state index in [4.69, 9.17) is 10.5 Å². The molecule has 0 bridgehead atoms. The van der Waals surface area contributed by atoms with Gasteiger partial charge in [-0.3, -0.25) is 0 Å². The van der Waals surface area contributed by atoms with Gasteiger partial charge in [-0.05, 0) is 30.0 Å². The smallest absolute Gasteiger partial charge is 0.118 e. The SMILES string of the molecule is COc1ccc([C@H](N)CC(C)C)cc1.Cl. The fourth-order valence-corrected chi connectivity index (χ4v) is 1.50. The first-order valence-electron chi connectivity index (χ1n) is 5.03. The summed E-state index contributed by atoms with van der Waals surface area (Å²) in [7, 11) is 1.67. The number of hydrogen-bond acceptors (Lipinski definition) is 2. The van der Waals surface area contributed by atoms with E-state index >= 15 is 0 Å². The van der Waals surface area contributed by atoms with Crippen LogP contribution in [0.25, 0.3) is 0 Å². The Morgan fingerprint density at radius 2 is 1.73 bits per heavy atom. The molecule has 1 aromatic carbocycles. The Balaban J connectivity index is 0.00000196. The second-order valence-corrected chi connectivity index (χ2v) is 4.01. The highest BCUT2D eigenvalue weighted by atomic mass is 35.5. The van der Waals surface area contributed by atoms with E-state index in [-0.39, 0.29) is 18.4 Å². The maximum Gasteiger partial charge on any atom is 0.118 e. The molecule has 15 heavy (non-hydrogen) atoms. The lowest BCUT2D eigenvalue weighted by molar-refractivity contribution is 0.414. The van der Waals surface area contributed by atoms with Crippen molar-refractivity contribution in [3.8, 4) is 5.75 Å². The number of hydrogen-bond donors (Lipinski definition) is 1. The monoisotopic (exact) mass is 229 g/mol. The fourth-order valence-electron chi connectivity index (χ4n) is 1.50. The highest BCUT2D eigenvalue weighted by molar-refractivity contribution is 5.85. The number of methoxy groups -OCH3 is 1. The zero-order chi connectivity index (χ0) is 10.6. The van der Waals surface area contributed by atoms with Crippen molar-refractivity contribution >= 4 is 12.4 Å². The van der Waals surface area contributed by atoms with Crippen LogP contribution in [0.1, 0.15) is 31.9 Å². The lowest BCUT2D eigenvalue weighted by Crippen LogP contribution is -2.12. The van der Waals surface area contributed by atoms with E-state index in [0.717, 1.165) is 12.2 Å². The van der Waals surface area contributed by atoms with E-state index in [0.29, 0.717) is 5.92 Å². The molecule has 2 N–H and O–H groups in total. The maximum absolute atomic E-state index is 6.05. The highest BCUT2D eigenvalue weighted by Crippen LogP contribution is 2.20. The first-order chi connectivity index (χ1) is 6.63. The third-order valence-electron chi connectivity index (χ3n) is 2.27. The van der Waals surface area contributed by atoms with Gasteiger partial charge in [0.05, 0.1) is 7.11 Å². The van der Waals surface area contributed by atoms with E-state index in [1.807, 2.05) is 24.3 Å². The van der Waals surface area contributed by atoms with Crippen molar-refractivity contribution in [3.05, 3.63) is 29.8 Å². The standard InChI is InChI=1S/C12H19NO.ClH/c1-9(2)8-12(13)10-4-6-11(14-3)7-5-10;/h4-7,9,12H,8,13H2,1-3H3;1H/t12-;/m1./s1. The molecule has 0 amide bonds. The Kier molecular flexibility index (Phi) is 6.37. The molecule has 1 rings (SSSR count). The number of benzene rings is 1. The largest absolute Gasteiger partial charge is 0.497 e.